The zero-order valence-corrected chi connectivity index (χ0v) is 19.1. The number of amides is 1. The van der Waals surface area contributed by atoms with Gasteiger partial charge in [0.1, 0.15) is 5.69 Å². The Labute approximate surface area is 189 Å². The van der Waals surface area contributed by atoms with Gasteiger partial charge in [-0.2, -0.15) is 0 Å². The summed E-state index contributed by atoms with van der Waals surface area (Å²) in [5.41, 5.74) is 2.94. The quantitative estimate of drug-likeness (QED) is 0.497. The highest BCUT2D eigenvalue weighted by Gasteiger charge is 2.18. The van der Waals surface area contributed by atoms with Crippen LogP contribution in [0.25, 0.3) is 11.4 Å². The monoisotopic (exact) mass is 430 g/mol. The maximum atomic E-state index is 13.2. The third kappa shape index (κ3) is 6.08. The first-order valence-corrected chi connectivity index (χ1v) is 10.9. The fourth-order valence-electron chi connectivity index (χ4n) is 3.34. The molecule has 0 saturated carbocycles. The normalized spacial score (nSPS) is 11.1. The molecular weight excluding hydrogens is 400 g/mol. The first-order chi connectivity index (χ1) is 15.3. The number of Topliss-reactive ketones (excluding diaryl/α,β-unsaturated/α-hetero) is 1. The molecule has 0 radical (unpaired) electrons. The average Bonchev–Trinajstić information content (AvgIpc) is 2.79. The van der Waals surface area contributed by atoms with Crippen molar-refractivity contribution in [1.82, 2.24) is 14.9 Å². The molecule has 1 heterocycles. The number of nitrogens with zero attached hydrogens (tertiary/aromatic N) is 3. The minimum atomic E-state index is -0.359. The number of carbonyl (C=O) groups is 2. The summed E-state index contributed by atoms with van der Waals surface area (Å²) < 4.78 is 0. The summed E-state index contributed by atoms with van der Waals surface area (Å²) in [7, 11) is 4.06. The van der Waals surface area contributed by atoms with E-state index in [0.29, 0.717) is 17.1 Å². The fourth-order valence-corrected chi connectivity index (χ4v) is 3.34. The molecule has 166 valence electrons. The van der Waals surface area contributed by atoms with Gasteiger partial charge in [-0.1, -0.05) is 56.3 Å². The van der Waals surface area contributed by atoms with Gasteiger partial charge in [-0.3, -0.25) is 9.59 Å². The molecule has 32 heavy (non-hydrogen) atoms. The van der Waals surface area contributed by atoms with Crippen molar-refractivity contribution in [3.8, 4) is 11.4 Å². The second kappa shape index (κ2) is 10.8. The number of anilines is 1. The van der Waals surface area contributed by atoms with Crippen molar-refractivity contribution in [1.29, 1.82) is 0 Å². The zero-order valence-electron chi connectivity index (χ0n) is 19.1. The summed E-state index contributed by atoms with van der Waals surface area (Å²) in [6, 6.07) is 18.4. The predicted molar refractivity (Wildman–Crippen MR) is 128 cm³/mol. The minimum absolute atomic E-state index is 0.0158. The van der Waals surface area contributed by atoms with E-state index in [1.807, 2.05) is 58.3 Å². The van der Waals surface area contributed by atoms with Gasteiger partial charge in [0.15, 0.2) is 11.6 Å². The predicted octanol–water partition coefficient (Wildman–Crippen LogP) is 4.73. The molecule has 0 spiro atoms. The van der Waals surface area contributed by atoms with Crippen molar-refractivity contribution >= 4 is 17.4 Å². The summed E-state index contributed by atoms with van der Waals surface area (Å²) in [6.07, 6.45) is 1.66. The Hall–Kier alpha value is -3.38. The van der Waals surface area contributed by atoms with Crippen LogP contribution in [0.3, 0.4) is 0 Å². The fraction of sp³-hybridized carbons (Fsp3) is 0.308. The summed E-state index contributed by atoms with van der Waals surface area (Å²) >= 11 is 0. The van der Waals surface area contributed by atoms with Crippen LogP contribution in [0.1, 0.15) is 46.8 Å². The van der Waals surface area contributed by atoms with Crippen LogP contribution >= 0.6 is 0 Å². The minimum Gasteiger partial charge on any atom is -0.320 e. The van der Waals surface area contributed by atoms with Gasteiger partial charge >= 0.3 is 0 Å². The maximum absolute atomic E-state index is 13.2. The molecule has 3 rings (SSSR count). The Morgan fingerprint density at radius 2 is 1.66 bits per heavy atom. The van der Waals surface area contributed by atoms with Gasteiger partial charge in [-0.25, -0.2) is 9.97 Å². The van der Waals surface area contributed by atoms with Crippen molar-refractivity contribution < 1.29 is 9.59 Å². The van der Waals surface area contributed by atoms with Gasteiger partial charge in [0.25, 0.3) is 5.91 Å². The molecular formula is C26H30N4O2. The number of hydrogen-bond acceptors (Lipinski definition) is 5. The second-order valence-corrected chi connectivity index (χ2v) is 8.36. The molecule has 2 aromatic carbocycles. The largest absolute Gasteiger partial charge is 0.320 e. The molecule has 6 heteroatoms. The molecule has 6 nitrogen and oxygen atoms in total. The lowest BCUT2D eigenvalue weighted by atomic mass is 9.99. The van der Waals surface area contributed by atoms with E-state index in [9.17, 15) is 9.59 Å². The zero-order chi connectivity index (χ0) is 23.1. The Morgan fingerprint density at radius 3 is 2.34 bits per heavy atom. The topological polar surface area (TPSA) is 75.2 Å². The van der Waals surface area contributed by atoms with Crippen LogP contribution in [-0.2, 0) is 6.42 Å². The highest BCUT2D eigenvalue weighted by molar-refractivity contribution is 6.09. The van der Waals surface area contributed by atoms with Gasteiger partial charge in [0, 0.05) is 22.7 Å². The average molecular weight is 431 g/mol. The van der Waals surface area contributed by atoms with Crippen molar-refractivity contribution in [2.45, 2.75) is 26.7 Å². The number of benzene rings is 2. The summed E-state index contributed by atoms with van der Waals surface area (Å²) in [4.78, 5) is 37.1. The van der Waals surface area contributed by atoms with Gasteiger partial charge in [0.2, 0.25) is 0 Å². The second-order valence-electron chi connectivity index (χ2n) is 8.36. The molecule has 0 unspecified atom stereocenters. The molecule has 0 bridgehead atoms. The Morgan fingerprint density at radius 1 is 0.969 bits per heavy atom. The van der Waals surface area contributed by atoms with Crippen LogP contribution in [0, 0.1) is 5.92 Å². The number of hydrogen-bond donors (Lipinski definition) is 1. The van der Waals surface area contributed by atoms with Crippen molar-refractivity contribution in [3.63, 3.8) is 0 Å². The first kappa shape index (κ1) is 23.3. The third-order valence-corrected chi connectivity index (χ3v) is 5.05. The highest BCUT2D eigenvalue weighted by Crippen LogP contribution is 2.21. The Balaban J connectivity index is 1.92. The van der Waals surface area contributed by atoms with E-state index in [4.69, 9.17) is 4.98 Å². The first-order valence-electron chi connectivity index (χ1n) is 10.9. The highest BCUT2D eigenvalue weighted by atomic mass is 16.2. The van der Waals surface area contributed by atoms with Gasteiger partial charge in [-0.15, -0.1) is 0 Å². The van der Waals surface area contributed by atoms with Crippen molar-refractivity contribution in [2.75, 3.05) is 26.0 Å². The number of nitrogens with one attached hydrogen (secondary N) is 1. The molecule has 1 amide bonds. The molecule has 3 aromatic rings. The van der Waals surface area contributed by atoms with Crippen LogP contribution < -0.4 is 5.32 Å². The lowest BCUT2D eigenvalue weighted by Gasteiger charge is -2.13. The molecule has 1 aromatic heterocycles. The Bertz CT molecular complexity index is 1080. The van der Waals surface area contributed by atoms with E-state index in [-0.39, 0.29) is 23.3 Å². The van der Waals surface area contributed by atoms with Crippen molar-refractivity contribution in [2.24, 2.45) is 5.92 Å². The summed E-state index contributed by atoms with van der Waals surface area (Å²) in [5, 5.41) is 2.88. The molecule has 0 aliphatic heterocycles. The number of aromatic nitrogens is 2. The molecule has 1 N–H and O–H groups in total. The van der Waals surface area contributed by atoms with Gasteiger partial charge in [-0.05, 0) is 51.7 Å². The van der Waals surface area contributed by atoms with Crippen LogP contribution in [0.2, 0.25) is 0 Å². The SMILES string of the molecule is CC(C)C(=O)c1ccccc1NC(=O)c1cc(CCCN(C)C)nc(-c2ccccc2)n1. The molecule has 0 aliphatic carbocycles. The number of rotatable bonds is 9. The molecule has 0 saturated heterocycles. The molecule has 0 fully saturated rings. The lowest BCUT2D eigenvalue weighted by Crippen LogP contribution is -2.19. The van der Waals surface area contributed by atoms with Crippen LogP contribution in [0.5, 0.6) is 0 Å². The number of aryl methyl sites for hydroxylation is 1. The molecule has 0 aliphatic rings. The van der Waals surface area contributed by atoms with Gasteiger partial charge in [0.05, 0.1) is 5.69 Å². The summed E-state index contributed by atoms with van der Waals surface area (Å²) in [6.45, 7) is 4.62. The standard InChI is InChI=1S/C26H30N4O2/c1-18(2)24(31)21-14-8-9-15-22(21)29-26(32)23-17-20(13-10-16-30(3)4)27-25(28-23)19-11-6-5-7-12-19/h5-9,11-12,14-15,17-18H,10,13,16H2,1-4H3,(H,29,32). The van der Waals surface area contributed by atoms with E-state index < -0.39 is 0 Å². The number of ketones is 1. The van der Waals surface area contributed by atoms with Crippen molar-refractivity contribution in [3.05, 3.63) is 77.6 Å². The van der Waals surface area contributed by atoms with Crippen LogP contribution in [0.4, 0.5) is 5.69 Å². The summed E-state index contributed by atoms with van der Waals surface area (Å²) in [5.74, 6) is -0.0230. The van der Waals surface area contributed by atoms with Crippen LogP contribution in [-0.4, -0.2) is 47.2 Å². The smallest absolute Gasteiger partial charge is 0.274 e. The van der Waals surface area contributed by atoms with Crippen LogP contribution in [0.15, 0.2) is 60.7 Å². The van der Waals surface area contributed by atoms with E-state index in [2.05, 4.69) is 15.2 Å². The molecule has 0 atom stereocenters. The Kier molecular flexibility index (Phi) is 7.84. The van der Waals surface area contributed by atoms with E-state index in [1.165, 1.54) is 0 Å². The number of carbonyl (C=O) groups excluding carboxylic acids is 2. The van der Waals surface area contributed by atoms with Gasteiger partial charge < -0.3 is 10.2 Å². The number of para-hydroxylation sites is 1. The van der Waals surface area contributed by atoms with E-state index in [1.54, 1.807) is 30.3 Å². The third-order valence-electron chi connectivity index (χ3n) is 5.05. The van der Waals surface area contributed by atoms with E-state index in [0.717, 1.165) is 30.6 Å². The van der Waals surface area contributed by atoms with E-state index >= 15 is 0 Å². The maximum Gasteiger partial charge on any atom is 0.274 e. The lowest BCUT2D eigenvalue weighted by molar-refractivity contribution is 0.0940.